The Morgan fingerprint density at radius 1 is 1.16 bits per heavy atom. The van der Waals surface area contributed by atoms with Crippen molar-refractivity contribution >= 4 is 29.2 Å². The first-order chi connectivity index (χ1) is 15.4. The number of nitrogens with zero attached hydrogens (tertiary/aromatic N) is 2. The van der Waals surface area contributed by atoms with Crippen LogP contribution in [0.15, 0.2) is 69.1 Å². The zero-order chi connectivity index (χ0) is 23.1. The molecule has 1 amide bonds. The number of thioether (sulfide) groups is 1. The SMILES string of the molecule is COCCN(C(=O)CSc1ccccc1F)c1c(N)n(Cc2ccccc2)c(=O)[nH]c1=O. The third-order valence-electron chi connectivity index (χ3n) is 4.68. The van der Waals surface area contributed by atoms with Crippen LogP contribution in [0.2, 0.25) is 0 Å². The molecule has 0 unspecified atom stereocenters. The minimum Gasteiger partial charge on any atom is -0.383 e. The van der Waals surface area contributed by atoms with Crippen LogP contribution in [-0.2, 0) is 16.1 Å². The number of hydrogen-bond donors (Lipinski definition) is 2. The van der Waals surface area contributed by atoms with Gasteiger partial charge in [-0.2, -0.15) is 0 Å². The number of anilines is 2. The number of rotatable bonds is 9. The van der Waals surface area contributed by atoms with Crippen molar-refractivity contribution in [2.24, 2.45) is 0 Å². The number of halogens is 1. The Morgan fingerprint density at radius 2 is 1.84 bits per heavy atom. The van der Waals surface area contributed by atoms with E-state index in [9.17, 15) is 18.8 Å². The van der Waals surface area contributed by atoms with Crippen LogP contribution in [0, 0.1) is 5.82 Å². The van der Waals surface area contributed by atoms with E-state index < -0.39 is 23.0 Å². The summed E-state index contributed by atoms with van der Waals surface area (Å²) in [5.74, 6) is -1.19. The summed E-state index contributed by atoms with van der Waals surface area (Å²) in [6.45, 7) is 0.280. The van der Waals surface area contributed by atoms with Gasteiger partial charge in [-0.3, -0.25) is 19.1 Å². The molecule has 3 aromatic rings. The molecule has 0 fully saturated rings. The van der Waals surface area contributed by atoms with Gasteiger partial charge in [-0.05, 0) is 17.7 Å². The first kappa shape index (κ1) is 23.3. The van der Waals surface area contributed by atoms with Crippen LogP contribution in [0.25, 0.3) is 0 Å². The largest absolute Gasteiger partial charge is 0.383 e. The lowest BCUT2D eigenvalue weighted by molar-refractivity contribution is -0.116. The number of benzene rings is 2. The second-order valence-corrected chi connectivity index (χ2v) is 7.84. The maximum atomic E-state index is 13.9. The first-order valence-corrected chi connectivity index (χ1v) is 10.7. The van der Waals surface area contributed by atoms with Gasteiger partial charge in [0, 0.05) is 18.6 Å². The van der Waals surface area contributed by atoms with E-state index in [1.54, 1.807) is 18.2 Å². The number of methoxy groups -OCH3 is 1. The lowest BCUT2D eigenvalue weighted by atomic mass is 10.2. The zero-order valence-electron chi connectivity index (χ0n) is 17.4. The highest BCUT2D eigenvalue weighted by Gasteiger charge is 2.24. The van der Waals surface area contributed by atoms with E-state index in [4.69, 9.17) is 10.5 Å². The number of carbonyl (C=O) groups excluding carboxylic acids is 1. The van der Waals surface area contributed by atoms with E-state index in [1.165, 1.54) is 22.6 Å². The van der Waals surface area contributed by atoms with Crippen LogP contribution in [-0.4, -0.2) is 41.5 Å². The molecule has 168 valence electrons. The predicted octanol–water partition coefficient (Wildman–Crippen LogP) is 2.08. The summed E-state index contributed by atoms with van der Waals surface area (Å²) in [7, 11) is 1.46. The molecule has 0 atom stereocenters. The first-order valence-electron chi connectivity index (χ1n) is 9.75. The lowest BCUT2D eigenvalue weighted by Gasteiger charge is -2.24. The molecule has 0 aliphatic rings. The number of carbonyl (C=O) groups is 1. The number of aromatic amines is 1. The smallest absolute Gasteiger partial charge is 0.330 e. The van der Waals surface area contributed by atoms with Gasteiger partial charge in [0.2, 0.25) is 5.91 Å². The fraction of sp³-hybridized carbons (Fsp3) is 0.227. The summed E-state index contributed by atoms with van der Waals surface area (Å²) in [6.07, 6.45) is 0. The monoisotopic (exact) mass is 458 g/mol. The van der Waals surface area contributed by atoms with Gasteiger partial charge in [0.15, 0.2) is 5.69 Å². The van der Waals surface area contributed by atoms with Crippen molar-refractivity contribution in [2.45, 2.75) is 11.4 Å². The van der Waals surface area contributed by atoms with Crippen molar-refractivity contribution in [1.29, 1.82) is 0 Å². The molecule has 0 bridgehead atoms. The quantitative estimate of drug-likeness (QED) is 0.475. The molecule has 0 spiro atoms. The normalized spacial score (nSPS) is 10.8. The number of nitrogen functional groups attached to an aromatic ring is 1. The molecule has 8 nitrogen and oxygen atoms in total. The Hall–Kier alpha value is -3.37. The van der Waals surface area contributed by atoms with Gasteiger partial charge in [0.1, 0.15) is 11.6 Å². The van der Waals surface area contributed by atoms with Crippen LogP contribution in [0.3, 0.4) is 0 Å². The highest BCUT2D eigenvalue weighted by molar-refractivity contribution is 8.00. The van der Waals surface area contributed by atoms with E-state index in [0.29, 0.717) is 4.90 Å². The summed E-state index contributed by atoms with van der Waals surface area (Å²) >= 11 is 1.00. The van der Waals surface area contributed by atoms with Crippen molar-refractivity contribution < 1.29 is 13.9 Å². The predicted molar refractivity (Wildman–Crippen MR) is 123 cm³/mol. The molecule has 0 saturated carbocycles. The Bertz CT molecular complexity index is 1200. The fourth-order valence-corrected chi connectivity index (χ4v) is 3.90. The summed E-state index contributed by atoms with van der Waals surface area (Å²) in [4.78, 5) is 41.8. The Morgan fingerprint density at radius 3 is 2.53 bits per heavy atom. The second kappa shape index (κ2) is 10.8. The average molecular weight is 459 g/mol. The molecule has 0 radical (unpaired) electrons. The third kappa shape index (κ3) is 5.45. The molecule has 2 aromatic carbocycles. The van der Waals surface area contributed by atoms with Gasteiger partial charge in [0.25, 0.3) is 5.56 Å². The van der Waals surface area contributed by atoms with Crippen LogP contribution < -0.4 is 21.9 Å². The van der Waals surface area contributed by atoms with Gasteiger partial charge in [-0.25, -0.2) is 9.18 Å². The Labute approximate surface area is 187 Å². The number of nitrogens with two attached hydrogens (primary N) is 1. The van der Waals surface area contributed by atoms with Crippen molar-refractivity contribution in [1.82, 2.24) is 9.55 Å². The van der Waals surface area contributed by atoms with Crippen LogP contribution >= 0.6 is 11.8 Å². The average Bonchev–Trinajstić information content (AvgIpc) is 2.78. The second-order valence-electron chi connectivity index (χ2n) is 6.82. The van der Waals surface area contributed by atoms with E-state index in [1.807, 2.05) is 30.3 Å². The number of aromatic nitrogens is 2. The molecule has 0 aliphatic heterocycles. The van der Waals surface area contributed by atoms with Crippen molar-refractivity contribution in [3.8, 4) is 0 Å². The maximum absolute atomic E-state index is 13.9. The van der Waals surface area contributed by atoms with Gasteiger partial charge in [0.05, 0.1) is 18.9 Å². The highest BCUT2D eigenvalue weighted by atomic mass is 32.2. The topological polar surface area (TPSA) is 110 Å². The van der Waals surface area contributed by atoms with Gasteiger partial charge >= 0.3 is 5.69 Å². The van der Waals surface area contributed by atoms with Gasteiger partial charge in [-0.15, -0.1) is 11.8 Å². The van der Waals surface area contributed by atoms with E-state index in [-0.39, 0.29) is 37.0 Å². The van der Waals surface area contributed by atoms with Crippen molar-refractivity contribution in [3.05, 3.63) is 86.8 Å². The molecular formula is C22H23FN4O4S. The number of ether oxygens (including phenoxy) is 1. The summed E-state index contributed by atoms with van der Waals surface area (Å²) < 4.78 is 20.2. The summed E-state index contributed by atoms with van der Waals surface area (Å²) in [5.41, 5.74) is 5.41. The standard InChI is InChI=1S/C22H23FN4O4S/c1-31-12-11-26(18(28)14-32-17-10-6-5-9-16(17)23)19-20(24)27(22(30)25-21(19)29)13-15-7-3-2-4-8-15/h2-10H,11-14,24H2,1H3,(H,25,29,30). The molecule has 1 heterocycles. The van der Waals surface area contributed by atoms with E-state index >= 15 is 0 Å². The number of hydrogen-bond acceptors (Lipinski definition) is 6. The molecular weight excluding hydrogens is 435 g/mol. The van der Waals surface area contributed by atoms with Gasteiger partial charge < -0.3 is 15.4 Å². The zero-order valence-corrected chi connectivity index (χ0v) is 18.2. The molecule has 0 saturated heterocycles. The molecule has 32 heavy (non-hydrogen) atoms. The van der Waals surface area contributed by atoms with Gasteiger partial charge in [-0.1, -0.05) is 42.5 Å². The maximum Gasteiger partial charge on any atom is 0.330 e. The number of amides is 1. The Kier molecular flexibility index (Phi) is 7.85. The van der Waals surface area contributed by atoms with E-state index in [0.717, 1.165) is 17.3 Å². The molecule has 0 aliphatic carbocycles. The number of nitrogens with one attached hydrogen (secondary N) is 1. The Balaban J connectivity index is 1.94. The number of H-pyrrole nitrogens is 1. The lowest BCUT2D eigenvalue weighted by Crippen LogP contribution is -2.43. The third-order valence-corrected chi connectivity index (χ3v) is 5.71. The minimum atomic E-state index is -0.780. The highest BCUT2D eigenvalue weighted by Crippen LogP contribution is 2.24. The van der Waals surface area contributed by atoms with E-state index in [2.05, 4.69) is 4.98 Å². The van der Waals surface area contributed by atoms with Crippen molar-refractivity contribution in [2.75, 3.05) is 36.6 Å². The van der Waals surface area contributed by atoms with Crippen LogP contribution in [0.5, 0.6) is 0 Å². The minimum absolute atomic E-state index is 0.0317. The molecule has 3 N–H and O–H groups in total. The molecule has 10 heteroatoms. The van der Waals surface area contributed by atoms with Crippen molar-refractivity contribution in [3.63, 3.8) is 0 Å². The fourth-order valence-electron chi connectivity index (χ4n) is 3.08. The molecule has 1 aromatic heterocycles. The van der Waals surface area contributed by atoms with Crippen LogP contribution in [0.1, 0.15) is 5.56 Å². The summed E-state index contributed by atoms with van der Waals surface area (Å²) in [6, 6.07) is 15.2. The summed E-state index contributed by atoms with van der Waals surface area (Å²) in [5, 5.41) is 0. The van der Waals surface area contributed by atoms with Crippen LogP contribution in [0.4, 0.5) is 15.9 Å². The molecule has 3 rings (SSSR count).